The molecular weight excluding hydrogens is 422 g/mol. The molecule has 0 saturated carbocycles. The number of imidazole rings is 1. The van der Waals surface area contributed by atoms with Gasteiger partial charge in [0.1, 0.15) is 24.6 Å². The maximum Gasteiger partial charge on any atom is 0.228 e. The summed E-state index contributed by atoms with van der Waals surface area (Å²) in [5, 5.41) is 34.3. The van der Waals surface area contributed by atoms with E-state index in [4.69, 9.17) is 19.9 Å². The summed E-state index contributed by atoms with van der Waals surface area (Å²) in [6.45, 7) is -0.474. The maximum absolute atomic E-state index is 10.5. The van der Waals surface area contributed by atoms with E-state index in [9.17, 15) is 15.3 Å². The zero-order valence-electron chi connectivity index (χ0n) is 17.3. The van der Waals surface area contributed by atoms with Crippen molar-refractivity contribution in [3.8, 4) is 11.5 Å². The lowest BCUT2D eigenvalue weighted by molar-refractivity contribution is -0.0501. The summed E-state index contributed by atoms with van der Waals surface area (Å²) in [6, 6.07) is 5.26. The molecule has 6 N–H and O–H groups in total. The van der Waals surface area contributed by atoms with Gasteiger partial charge in [0, 0.05) is 0 Å². The van der Waals surface area contributed by atoms with Gasteiger partial charge in [-0.05, 0) is 23.8 Å². The van der Waals surface area contributed by atoms with Gasteiger partial charge in [0.2, 0.25) is 5.95 Å². The van der Waals surface area contributed by atoms with Crippen LogP contribution >= 0.6 is 0 Å². The lowest BCUT2D eigenvalue weighted by Crippen LogP contribution is -2.33. The number of hydrogen-bond donors (Lipinski definition) is 5. The third-order valence-corrected chi connectivity index (χ3v) is 5.06. The van der Waals surface area contributed by atoms with Crippen molar-refractivity contribution >= 4 is 29.1 Å². The molecule has 0 bridgehead atoms. The fourth-order valence-electron chi connectivity index (χ4n) is 3.44. The van der Waals surface area contributed by atoms with Crippen molar-refractivity contribution in [3.05, 3.63) is 30.1 Å². The summed E-state index contributed by atoms with van der Waals surface area (Å²) < 4.78 is 17.5. The highest BCUT2D eigenvalue weighted by Crippen LogP contribution is 2.35. The maximum atomic E-state index is 10.5. The minimum absolute atomic E-state index is 0.118. The van der Waals surface area contributed by atoms with E-state index in [0.717, 1.165) is 0 Å². The summed E-state index contributed by atoms with van der Waals surface area (Å²) in [4.78, 5) is 12.5. The van der Waals surface area contributed by atoms with Gasteiger partial charge in [0.15, 0.2) is 34.7 Å². The quantitative estimate of drug-likeness (QED) is 0.233. The van der Waals surface area contributed by atoms with Gasteiger partial charge in [-0.25, -0.2) is 20.4 Å². The van der Waals surface area contributed by atoms with Crippen molar-refractivity contribution < 1.29 is 29.5 Å². The average molecular weight is 445 g/mol. The number of fused-ring (bicyclic) bond motifs is 1. The monoisotopic (exact) mass is 445 g/mol. The molecule has 1 aliphatic heterocycles. The Balaban J connectivity index is 1.68. The highest BCUT2D eigenvalue weighted by molar-refractivity contribution is 5.85. The van der Waals surface area contributed by atoms with Gasteiger partial charge in [0.25, 0.3) is 0 Å². The first kappa shape index (κ1) is 21.7. The largest absolute Gasteiger partial charge is 0.493 e. The topological polar surface area (TPSA) is 182 Å². The zero-order chi connectivity index (χ0) is 22.8. The Bertz CT molecular complexity index is 1140. The SMILES string of the molecule is COc1ccc(/C=N\Nc2nc3c(N)ncnc3n2[C@@H]2O[C@H](CO)[C@@H](O)[C@H]2O)cc1OC. The van der Waals surface area contributed by atoms with Crippen LogP contribution in [0.5, 0.6) is 11.5 Å². The average Bonchev–Trinajstić information content (AvgIpc) is 3.31. The number of nitrogens with one attached hydrogen (secondary N) is 1. The molecule has 170 valence electrons. The molecule has 0 spiro atoms. The van der Waals surface area contributed by atoms with Gasteiger partial charge in [0.05, 0.1) is 27.0 Å². The number of methoxy groups -OCH3 is 2. The standard InChI is InChI=1S/C19H23N7O6/c1-30-10-4-3-9(5-11(10)31-2)6-23-25-19-24-13-16(20)21-8-22-17(13)26(19)18-15(29)14(28)12(7-27)32-18/h3-6,8,12,14-15,18,27-29H,7H2,1-2H3,(H,24,25)(H2,20,21,22)/b23-6-/t12-,14-,15-,18-/m1/s1. The Morgan fingerprint density at radius 1 is 1.22 bits per heavy atom. The second-order valence-electron chi connectivity index (χ2n) is 6.95. The molecule has 32 heavy (non-hydrogen) atoms. The first-order valence-electron chi connectivity index (χ1n) is 9.60. The Labute approximate surface area is 182 Å². The lowest BCUT2D eigenvalue weighted by Gasteiger charge is -2.18. The first-order valence-corrected chi connectivity index (χ1v) is 9.60. The van der Waals surface area contributed by atoms with E-state index in [1.165, 1.54) is 24.2 Å². The third-order valence-electron chi connectivity index (χ3n) is 5.06. The van der Waals surface area contributed by atoms with Gasteiger partial charge in [-0.1, -0.05) is 0 Å². The van der Waals surface area contributed by atoms with E-state index in [1.54, 1.807) is 25.3 Å². The normalized spacial score (nSPS) is 23.2. The highest BCUT2D eigenvalue weighted by atomic mass is 16.6. The van der Waals surface area contributed by atoms with Crippen molar-refractivity contribution in [1.82, 2.24) is 19.5 Å². The summed E-state index contributed by atoms with van der Waals surface area (Å²) >= 11 is 0. The fraction of sp³-hybridized carbons (Fsp3) is 0.368. The van der Waals surface area contributed by atoms with E-state index in [-0.39, 0.29) is 22.9 Å². The van der Waals surface area contributed by atoms with E-state index in [2.05, 4.69) is 25.5 Å². The van der Waals surface area contributed by atoms with Gasteiger partial charge in [-0.2, -0.15) is 5.10 Å². The van der Waals surface area contributed by atoms with Crippen molar-refractivity contribution in [2.75, 3.05) is 32.0 Å². The number of aliphatic hydroxyl groups is 3. The molecule has 1 saturated heterocycles. The van der Waals surface area contributed by atoms with E-state index >= 15 is 0 Å². The van der Waals surface area contributed by atoms with Gasteiger partial charge >= 0.3 is 0 Å². The molecule has 1 fully saturated rings. The Morgan fingerprint density at radius 2 is 2.00 bits per heavy atom. The molecule has 0 radical (unpaired) electrons. The van der Waals surface area contributed by atoms with Crippen LogP contribution in [0.3, 0.4) is 0 Å². The number of ether oxygens (including phenoxy) is 3. The number of nitrogen functional groups attached to an aromatic ring is 1. The van der Waals surface area contributed by atoms with Crippen LogP contribution < -0.4 is 20.6 Å². The van der Waals surface area contributed by atoms with Crippen LogP contribution in [0.15, 0.2) is 29.6 Å². The molecular formula is C19H23N7O6. The minimum atomic E-state index is -1.35. The predicted molar refractivity (Wildman–Crippen MR) is 114 cm³/mol. The fourth-order valence-corrected chi connectivity index (χ4v) is 3.44. The molecule has 13 nitrogen and oxygen atoms in total. The van der Waals surface area contributed by atoms with Crippen LogP contribution in [-0.2, 0) is 4.74 Å². The Hall–Kier alpha value is -3.52. The molecule has 0 unspecified atom stereocenters. The molecule has 3 aromatic rings. The number of benzene rings is 1. The number of rotatable bonds is 7. The summed E-state index contributed by atoms with van der Waals surface area (Å²) in [6.07, 6.45) is -1.96. The second-order valence-corrected chi connectivity index (χ2v) is 6.95. The molecule has 3 heterocycles. The minimum Gasteiger partial charge on any atom is -0.493 e. The number of hydrazone groups is 1. The summed E-state index contributed by atoms with van der Waals surface area (Å²) in [7, 11) is 3.08. The summed E-state index contributed by atoms with van der Waals surface area (Å²) in [5.41, 5.74) is 9.93. The number of aliphatic hydroxyl groups excluding tert-OH is 3. The lowest BCUT2D eigenvalue weighted by atomic mass is 10.1. The van der Waals surface area contributed by atoms with E-state index < -0.39 is 31.1 Å². The van der Waals surface area contributed by atoms with Crippen LogP contribution in [0.1, 0.15) is 11.8 Å². The molecule has 4 rings (SSSR count). The van der Waals surface area contributed by atoms with Gasteiger partial charge < -0.3 is 35.3 Å². The van der Waals surface area contributed by atoms with E-state index in [0.29, 0.717) is 17.1 Å². The van der Waals surface area contributed by atoms with Crippen molar-refractivity contribution in [2.45, 2.75) is 24.5 Å². The Morgan fingerprint density at radius 3 is 2.69 bits per heavy atom. The molecule has 1 aliphatic rings. The number of hydrogen-bond acceptors (Lipinski definition) is 12. The molecule has 13 heteroatoms. The second kappa shape index (κ2) is 8.92. The molecule has 0 amide bonds. The van der Waals surface area contributed by atoms with Crippen molar-refractivity contribution in [2.24, 2.45) is 5.10 Å². The predicted octanol–water partition coefficient (Wildman–Crippen LogP) is -0.517. The van der Waals surface area contributed by atoms with Crippen LogP contribution in [0, 0.1) is 0 Å². The van der Waals surface area contributed by atoms with Gasteiger partial charge in [-0.3, -0.25) is 4.57 Å². The first-order chi connectivity index (χ1) is 15.5. The van der Waals surface area contributed by atoms with Crippen LogP contribution in [0.2, 0.25) is 0 Å². The molecule has 4 atom stereocenters. The number of nitrogens with zero attached hydrogens (tertiary/aromatic N) is 5. The number of anilines is 2. The molecule has 0 aliphatic carbocycles. The van der Waals surface area contributed by atoms with E-state index in [1.807, 2.05) is 0 Å². The number of nitrogens with two attached hydrogens (primary N) is 1. The Kier molecular flexibility index (Phi) is 6.05. The number of aromatic nitrogens is 4. The smallest absolute Gasteiger partial charge is 0.228 e. The van der Waals surface area contributed by atoms with Crippen LogP contribution in [0.4, 0.5) is 11.8 Å². The zero-order valence-corrected chi connectivity index (χ0v) is 17.3. The van der Waals surface area contributed by atoms with Crippen LogP contribution in [0.25, 0.3) is 11.2 Å². The van der Waals surface area contributed by atoms with Crippen molar-refractivity contribution in [1.29, 1.82) is 0 Å². The summed E-state index contributed by atoms with van der Waals surface area (Å²) in [5.74, 6) is 1.38. The third kappa shape index (κ3) is 3.78. The van der Waals surface area contributed by atoms with Crippen LogP contribution in [-0.4, -0.2) is 80.2 Å². The van der Waals surface area contributed by atoms with Crippen molar-refractivity contribution in [3.63, 3.8) is 0 Å². The molecule has 2 aromatic heterocycles. The highest BCUT2D eigenvalue weighted by Gasteiger charge is 2.45. The molecule has 1 aromatic carbocycles. The van der Waals surface area contributed by atoms with Gasteiger partial charge in [-0.15, -0.1) is 0 Å².